The van der Waals surface area contributed by atoms with Gasteiger partial charge in [-0.15, -0.1) is 0 Å². The van der Waals surface area contributed by atoms with Gasteiger partial charge in [0.25, 0.3) is 0 Å². The van der Waals surface area contributed by atoms with E-state index in [1.165, 1.54) is 0 Å². The van der Waals surface area contributed by atoms with Gasteiger partial charge in [-0.25, -0.2) is 19.2 Å². The van der Waals surface area contributed by atoms with Gasteiger partial charge in [0.05, 0.1) is 12.8 Å². The largest absolute Gasteiger partial charge is 0.476 e. The molecular weight excluding hydrogens is 344 g/mol. The Balaban J connectivity index is 4.81. The van der Waals surface area contributed by atoms with Crippen molar-refractivity contribution >= 4 is 35.8 Å². The quantitative estimate of drug-likeness (QED) is 0.134. The SMILES string of the molecule is O=C(CCC(=O)OC(O)(C(=O)O)C(=O)O)OC(O)(C(=O)O)C(=O)O. The fourth-order valence-corrected chi connectivity index (χ4v) is 0.993. The van der Waals surface area contributed by atoms with Crippen molar-refractivity contribution in [1.29, 1.82) is 0 Å². The lowest BCUT2D eigenvalue weighted by atomic mass is 10.2. The molecule has 14 nitrogen and oxygen atoms in total. The number of carboxylic acids is 4. The number of carbonyl (C=O) groups is 6. The molecule has 0 aromatic carbocycles. The van der Waals surface area contributed by atoms with Gasteiger partial charge in [-0.3, -0.25) is 9.59 Å². The summed E-state index contributed by atoms with van der Waals surface area (Å²) in [4.78, 5) is 64.4. The molecule has 6 N–H and O–H groups in total. The molecule has 0 atom stereocenters. The average Bonchev–Trinajstić information content (AvgIpc) is 2.43. The van der Waals surface area contributed by atoms with Crippen molar-refractivity contribution in [3.05, 3.63) is 0 Å². The first kappa shape index (κ1) is 20.7. The van der Waals surface area contributed by atoms with Crippen LogP contribution >= 0.6 is 0 Å². The Morgan fingerprint density at radius 1 is 0.583 bits per heavy atom. The third-order valence-electron chi connectivity index (χ3n) is 2.22. The second-order valence-electron chi connectivity index (χ2n) is 3.96. The summed E-state index contributed by atoms with van der Waals surface area (Å²) in [5.41, 5.74) is 0. The van der Waals surface area contributed by atoms with Gasteiger partial charge in [0.2, 0.25) is 0 Å². The zero-order chi connectivity index (χ0) is 19.3. The maximum atomic E-state index is 11.2. The Bertz CT molecular complexity index is 508. The van der Waals surface area contributed by atoms with E-state index in [4.69, 9.17) is 30.6 Å². The Kier molecular flexibility index (Phi) is 6.34. The van der Waals surface area contributed by atoms with Crippen LogP contribution in [0.25, 0.3) is 0 Å². The van der Waals surface area contributed by atoms with Gasteiger partial charge in [0, 0.05) is 0 Å². The maximum absolute atomic E-state index is 11.2. The van der Waals surface area contributed by atoms with Crippen LogP contribution in [0.3, 0.4) is 0 Å². The van der Waals surface area contributed by atoms with Crippen molar-refractivity contribution < 1.29 is 68.9 Å². The molecule has 0 rings (SSSR count). The van der Waals surface area contributed by atoms with Crippen LogP contribution in [0.2, 0.25) is 0 Å². The number of aliphatic carboxylic acids is 4. The molecule has 0 spiro atoms. The van der Waals surface area contributed by atoms with E-state index < -0.39 is 60.2 Å². The molecule has 14 heteroatoms. The topological polar surface area (TPSA) is 242 Å². The minimum atomic E-state index is -3.93. The summed E-state index contributed by atoms with van der Waals surface area (Å²) >= 11 is 0. The van der Waals surface area contributed by atoms with Crippen LogP contribution in [0, 0.1) is 0 Å². The van der Waals surface area contributed by atoms with Crippen molar-refractivity contribution in [2.24, 2.45) is 0 Å². The highest BCUT2D eigenvalue weighted by Gasteiger charge is 2.51. The van der Waals surface area contributed by atoms with Crippen LogP contribution in [0.4, 0.5) is 0 Å². The highest BCUT2D eigenvalue weighted by atomic mass is 16.7. The van der Waals surface area contributed by atoms with Crippen LogP contribution in [0.1, 0.15) is 12.8 Å². The first-order chi connectivity index (χ1) is 10.8. The molecule has 0 heterocycles. The molecular formula is C10H10O14. The van der Waals surface area contributed by atoms with Crippen molar-refractivity contribution in [3.8, 4) is 0 Å². The minimum absolute atomic E-state index is 1.13. The van der Waals surface area contributed by atoms with Gasteiger partial charge in [-0.1, -0.05) is 0 Å². The van der Waals surface area contributed by atoms with Gasteiger partial charge in [-0.05, 0) is 0 Å². The van der Waals surface area contributed by atoms with Crippen molar-refractivity contribution in [2.75, 3.05) is 0 Å². The number of hydrogen-bond acceptors (Lipinski definition) is 10. The van der Waals surface area contributed by atoms with E-state index in [1.54, 1.807) is 0 Å². The lowest BCUT2D eigenvalue weighted by molar-refractivity contribution is -0.233. The van der Waals surface area contributed by atoms with Gasteiger partial charge >= 0.3 is 47.4 Å². The lowest BCUT2D eigenvalue weighted by Crippen LogP contribution is -2.51. The third kappa shape index (κ3) is 4.62. The molecule has 0 amide bonds. The Morgan fingerprint density at radius 2 is 0.792 bits per heavy atom. The zero-order valence-electron chi connectivity index (χ0n) is 11.4. The third-order valence-corrected chi connectivity index (χ3v) is 2.22. The molecule has 0 fully saturated rings. The molecule has 0 unspecified atom stereocenters. The molecule has 0 radical (unpaired) electrons. The number of aliphatic hydroxyl groups is 2. The van der Waals surface area contributed by atoms with E-state index in [0.29, 0.717) is 0 Å². The molecule has 24 heavy (non-hydrogen) atoms. The predicted octanol–water partition coefficient (Wildman–Crippen LogP) is -3.43. The number of rotatable bonds is 9. The van der Waals surface area contributed by atoms with Gasteiger partial charge < -0.3 is 40.1 Å². The maximum Gasteiger partial charge on any atom is 0.410 e. The summed E-state index contributed by atoms with van der Waals surface area (Å²) in [6.45, 7) is 0. The highest BCUT2D eigenvalue weighted by Crippen LogP contribution is 2.13. The zero-order valence-corrected chi connectivity index (χ0v) is 11.4. The van der Waals surface area contributed by atoms with E-state index >= 15 is 0 Å². The highest BCUT2D eigenvalue weighted by molar-refractivity contribution is 6.02. The fourth-order valence-electron chi connectivity index (χ4n) is 0.993. The van der Waals surface area contributed by atoms with Crippen LogP contribution in [0.5, 0.6) is 0 Å². The number of carboxylic acid groups (broad SMARTS) is 4. The smallest absolute Gasteiger partial charge is 0.410 e. The molecule has 0 saturated carbocycles. The minimum Gasteiger partial charge on any atom is -0.476 e. The average molecular weight is 354 g/mol. The molecule has 0 aromatic rings. The van der Waals surface area contributed by atoms with E-state index in [-0.39, 0.29) is 0 Å². The van der Waals surface area contributed by atoms with Gasteiger partial charge in [0.1, 0.15) is 0 Å². The van der Waals surface area contributed by atoms with E-state index in [0.717, 1.165) is 0 Å². The first-order valence-electron chi connectivity index (χ1n) is 5.59. The Labute approximate surface area is 130 Å². The summed E-state index contributed by atoms with van der Waals surface area (Å²) in [5.74, 6) is -21.1. The van der Waals surface area contributed by atoms with Gasteiger partial charge in [-0.2, -0.15) is 0 Å². The second kappa shape index (κ2) is 7.34. The predicted molar refractivity (Wildman–Crippen MR) is 61.9 cm³/mol. The molecule has 0 saturated heterocycles. The summed E-state index contributed by atoms with van der Waals surface area (Å²) < 4.78 is 7.50. The number of esters is 2. The van der Waals surface area contributed by atoms with E-state index in [9.17, 15) is 28.8 Å². The second-order valence-corrected chi connectivity index (χ2v) is 3.96. The first-order valence-corrected chi connectivity index (χ1v) is 5.59. The Hall–Kier alpha value is -3.26. The standard InChI is InChI=1S/C10H10O14/c11-3(23-9(21,5(13)14)6(15)16)1-2-4(12)24-10(22,7(17)18)8(19)20/h21-22H,1-2H2,(H,13,14)(H,15,16)(H,17,18)(H,19,20). The monoisotopic (exact) mass is 354 g/mol. The Morgan fingerprint density at radius 3 is 0.958 bits per heavy atom. The van der Waals surface area contributed by atoms with Crippen LogP contribution in [-0.4, -0.2) is 78.0 Å². The molecule has 0 aliphatic heterocycles. The van der Waals surface area contributed by atoms with Crippen molar-refractivity contribution in [2.45, 2.75) is 24.4 Å². The molecule has 134 valence electrons. The van der Waals surface area contributed by atoms with Gasteiger partial charge in [0.15, 0.2) is 0 Å². The van der Waals surface area contributed by atoms with Crippen LogP contribution < -0.4 is 0 Å². The normalized spacial score (nSPS) is 11.2. The van der Waals surface area contributed by atoms with E-state index in [2.05, 4.69) is 9.47 Å². The van der Waals surface area contributed by atoms with Crippen LogP contribution in [0.15, 0.2) is 0 Å². The number of hydrogen-bond donors (Lipinski definition) is 6. The summed E-state index contributed by atoms with van der Waals surface area (Å²) in [6, 6.07) is 0. The number of ether oxygens (including phenoxy) is 2. The molecule has 0 aromatic heterocycles. The summed E-state index contributed by atoms with van der Waals surface area (Å²) in [6.07, 6.45) is -2.26. The van der Waals surface area contributed by atoms with E-state index in [1.807, 2.05) is 0 Å². The molecule has 0 bridgehead atoms. The van der Waals surface area contributed by atoms with Crippen molar-refractivity contribution in [1.82, 2.24) is 0 Å². The van der Waals surface area contributed by atoms with Crippen LogP contribution in [-0.2, 0) is 38.2 Å². The lowest BCUT2D eigenvalue weighted by Gasteiger charge is -2.19. The van der Waals surface area contributed by atoms with Crippen molar-refractivity contribution in [3.63, 3.8) is 0 Å². The molecule has 0 aliphatic rings. The summed E-state index contributed by atoms with van der Waals surface area (Å²) in [7, 11) is 0. The number of carbonyl (C=O) groups excluding carboxylic acids is 2. The summed E-state index contributed by atoms with van der Waals surface area (Å²) in [5, 5.41) is 51.9. The fraction of sp³-hybridized carbons (Fsp3) is 0.400. The molecule has 0 aliphatic carbocycles.